The SMILES string of the molecule is CC(=O)N1CCN(C(=O)c2cc(C(=O)O)cc([N+](=O)[O-])c2)CC1. The molecule has 0 saturated carbocycles. The number of aromatic carboxylic acids is 1. The zero-order valence-electron chi connectivity index (χ0n) is 12.4. The molecule has 9 heteroatoms. The number of hydrogen-bond acceptors (Lipinski definition) is 5. The lowest BCUT2D eigenvalue weighted by Gasteiger charge is -2.34. The Labute approximate surface area is 131 Å². The quantitative estimate of drug-likeness (QED) is 0.642. The molecule has 1 aromatic rings. The third kappa shape index (κ3) is 3.62. The van der Waals surface area contributed by atoms with E-state index in [4.69, 9.17) is 5.11 Å². The first-order valence-corrected chi connectivity index (χ1v) is 6.87. The predicted octanol–water partition coefficient (Wildman–Crippen LogP) is 0.597. The standard InChI is InChI=1S/C14H15N3O6/c1-9(18)15-2-4-16(5-3-15)13(19)10-6-11(14(20)21)8-12(7-10)17(22)23/h6-8H,2-5H2,1H3,(H,20,21). The maximum absolute atomic E-state index is 12.4. The molecule has 0 aliphatic carbocycles. The molecule has 1 N–H and O–H groups in total. The summed E-state index contributed by atoms with van der Waals surface area (Å²) < 4.78 is 0. The van der Waals surface area contributed by atoms with E-state index < -0.39 is 22.5 Å². The molecule has 2 amide bonds. The summed E-state index contributed by atoms with van der Waals surface area (Å²) in [4.78, 5) is 47.9. The number of benzene rings is 1. The van der Waals surface area contributed by atoms with Crippen LogP contribution in [0, 0.1) is 10.1 Å². The number of non-ortho nitro benzene ring substituents is 1. The van der Waals surface area contributed by atoms with Crippen molar-refractivity contribution >= 4 is 23.5 Å². The number of carboxylic acids is 1. The van der Waals surface area contributed by atoms with Crippen molar-refractivity contribution in [2.24, 2.45) is 0 Å². The third-order valence-corrected chi connectivity index (χ3v) is 3.63. The molecule has 0 spiro atoms. The monoisotopic (exact) mass is 321 g/mol. The van der Waals surface area contributed by atoms with Gasteiger partial charge in [-0.1, -0.05) is 0 Å². The highest BCUT2D eigenvalue weighted by molar-refractivity contribution is 5.98. The van der Waals surface area contributed by atoms with Crippen molar-refractivity contribution in [2.75, 3.05) is 26.2 Å². The van der Waals surface area contributed by atoms with E-state index in [0.29, 0.717) is 26.2 Å². The molecule has 9 nitrogen and oxygen atoms in total. The van der Waals surface area contributed by atoms with Crippen LogP contribution in [0.2, 0.25) is 0 Å². The second-order valence-corrected chi connectivity index (χ2v) is 5.13. The van der Waals surface area contributed by atoms with Crippen molar-refractivity contribution in [1.82, 2.24) is 9.80 Å². The lowest BCUT2D eigenvalue weighted by Crippen LogP contribution is -2.50. The molecule has 23 heavy (non-hydrogen) atoms. The molecule has 1 fully saturated rings. The average Bonchev–Trinajstić information content (AvgIpc) is 2.53. The van der Waals surface area contributed by atoms with Crippen LogP contribution in [-0.4, -0.2) is 63.8 Å². The van der Waals surface area contributed by atoms with E-state index in [-0.39, 0.29) is 17.0 Å². The van der Waals surface area contributed by atoms with Gasteiger partial charge in [0.1, 0.15) is 0 Å². The minimum atomic E-state index is -1.34. The van der Waals surface area contributed by atoms with Gasteiger partial charge in [-0.2, -0.15) is 0 Å². The summed E-state index contributed by atoms with van der Waals surface area (Å²) >= 11 is 0. The van der Waals surface area contributed by atoms with Crippen LogP contribution in [0.4, 0.5) is 5.69 Å². The molecule has 1 aliphatic rings. The molecule has 0 atom stereocenters. The Morgan fingerprint density at radius 2 is 1.57 bits per heavy atom. The van der Waals surface area contributed by atoms with Crippen LogP contribution < -0.4 is 0 Å². The fourth-order valence-electron chi connectivity index (χ4n) is 2.37. The smallest absolute Gasteiger partial charge is 0.335 e. The third-order valence-electron chi connectivity index (χ3n) is 3.63. The molecular formula is C14H15N3O6. The first-order valence-electron chi connectivity index (χ1n) is 6.87. The summed E-state index contributed by atoms with van der Waals surface area (Å²) in [5.41, 5.74) is -0.812. The second kappa shape index (κ2) is 6.42. The number of piperazine rings is 1. The summed E-state index contributed by atoms with van der Waals surface area (Å²) in [5, 5.41) is 19.9. The minimum Gasteiger partial charge on any atom is -0.478 e. The Kier molecular flexibility index (Phi) is 4.58. The first-order chi connectivity index (χ1) is 10.8. The highest BCUT2D eigenvalue weighted by atomic mass is 16.6. The normalized spacial score (nSPS) is 14.5. The Morgan fingerprint density at radius 1 is 1.04 bits per heavy atom. The van der Waals surface area contributed by atoms with Crippen LogP contribution in [-0.2, 0) is 4.79 Å². The van der Waals surface area contributed by atoms with E-state index in [0.717, 1.165) is 18.2 Å². The predicted molar refractivity (Wildman–Crippen MR) is 78.2 cm³/mol. The summed E-state index contributed by atoms with van der Waals surface area (Å²) in [6, 6.07) is 3.09. The van der Waals surface area contributed by atoms with Crippen molar-refractivity contribution < 1.29 is 24.4 Å². The molecule has 0 unspecified atom stereocenters. The Morgan fingerprint density at radius 3 is 2.04 bits per heavy atom. The van der Waals surface area contributed by atoms with E-state index in [1.54, 1.807) is 4.90 Å². The number of carbonyl (C=O) groups excluding carboxylic acids is 2. The maximum Gasteiger partial charge on any atom is 0.335 e. The number of amides is 2. The van der Waals surface area contributed by atoms with Gasteiger partial charge in [0.05, 0.1) is 10.5 Å². The highest BCUT2D eigenvalue weighted by Gasteiger charge is 2.25. The fourth-order valence-corrected chi connectivity index (χ4v) is 2.37. The van der Waals surface area contributed by atoms with Gasteiger partial charge in [0, 0.05) is 50.8 Å². The summed E-state index contributed by atoms with van der Waals surface area (Å²) in [6.07, 6.45) is 0. The maximum atomic E-state index is 12.4. The Balaban J connectivity index is 2.24. The topological polar surface area (TPSA) is 121 Å². The van der Waals surface area contributed by atoms with Crippen molar-refractivity contribution in [1.29, 1.82) is 0 Å². The van der Waals surface area contributed by atoms with Gasteiger partial charge < -0.3 is 14.9 Å². The number of hydrogen-bond donors (Lipinski definition) is 1. The molecular weight excluding hydrogens is 306 g/mol. The molecule has 1 saturated heterocycles. The molecule has 1 heterocycles. The summed E-state index contributed by atoms with van der Waals surface area (Å²) in [7, 11) is 0. The lowest BCUT2D eigenvalue weighted by molar-refractivity contribution is -0.384. The van der Waals surface area contributed by atoms with Crippen molar-refractivity contribution in [3.8, 4) is 0 Å². The molecule has 0 aromatic heterocycles. The number of nitrogens with zero attached hydrogens (tertiary/aromatic N) is 3. The van der Waals surface area contributed by atoms with Crippen LogP contribution in [0.15, 0.2) is 18.2 Å². The zero-order chi connectivity index (χ0) is 17.1. The summed E-state index contributed by atoms with van der Waals surface area (Å²) in [5.74, 6) is -1.91. The average molecular weight is 321 g/mol. The second-order valence-electron chi connectivity index (χ2n) is 5.13. The molecule has 0 bridgehead atoms. The number of rotatable bonds is 3. The molecule has 2 rings (SSSR count). The van der Waals surface area contributed by atoms with Crippen molar-refractivity contribution in [2.45, 2.75) is 6.92 Å². The van der Waals surface area contributed by atoms with Crippen LogP contribution in [0.5, 0.6) is 0 Å². The molecule has 0 radical (unpaired) electrons. The van der Waals surface area contributed by atoms with E-state index in [1.807, 2.05) is 0 Å². The Bertz CT molecular complexity index is 647. The lowest BCUT2D eigenvalue weighted by atomic mass is 10.1. The van der Waals surface area contributed by atoms with Gasteiger partial charge in [0.2, 0.25) is 5.91 Å². The van der Waals surface area contributed by atoms with Crippen LogP contribution in [0.3, 0.4) is 0 Å². The van der Waals surface area contributed by atoms with Gasteiger partial charge in [0.15, 0.2) is 0 Å². The van der Waals surface area contributed by atoms with Gasteiger partial charge in [-0.05, 0) is 6.07 Å². The van der Waals surface area contributed by atoms with E-state index in [2.05, 4.69) is 0 Å². The van der Waals surface area contributed by atoms with Crippen LogP contribution in [0.1, 0.15) is 27.6 Å². The van der Waals surface area contributed by atoms with Gasteiger partial charge in [-0.3, -0.25) is 19.7 Å². The largest absolute Gasteiger partial charge is 0.478 e. The first kappa shape index (κ1) is 16.4. The van der Waals surface area contributed by atoms with E-state index >= 15 is 0 Å². The fraction of sp³-hybridized carbons (Fsp3) is 0.357. The van der Waals surface area contributed by atoms with Gasteiger partial charge >= 0.3 is 5.97 Å². The number of carbonyl (C=O) groups is 3. The van der Waals surface area contributed by atoms with Gasteiger partial charge in [-0.25, -0.2) is 4.79 Å². The van der Waals surface area contributed by atoms with Gasteiger partial charge in [0.25, 0.3) is 11.6 Å². The summed E-state index contributed by atoms with van der Waals surface area (Å²) in [6.45, 7) is 2.79. The minimum absolute atomic E-state index is 0.0483. The number of nitro benzene ring substituents is 1. The number of nitro groups is 1. The zero-order valence-corrected chi connectivity index (χ0v) is 12.4. The van der Waals surface area contributed by atoms with E-state index in [1.165, 1.54) is 11.8 Å². The highest BCUT2D eigenvalue weighted by Crippen LogP contribution is 2.19. The molecule has 1 aromatic carbocycles. The van der Waals surface area contributed by atoms with Gasteiger partial charge in [-0.15, -0.1) is 0 Å². The van der Waals surface area contributed by atoms with E-state index in [9.17, 15) is 24.5 Å². The molecule has 122 valence electrons. The van der Waals surface area contributed by atoms with Crippen molar-refractivity contribution in [3.05, 3.63) is 39.4 Å². The number of carboxylic acid groups (broad SMARTS) is 1. The van der Waals surface area contributed by atoms with Crippen LogP contribution in [0.25, 0.3) is 0 Å². The molecule has 1 aliphatic heterocycles. The van der Waals surface area contributed by atoms with Crippen LogP contribution >= 0.6 is 0 Å². The Hall–Kier alpha value is -2.97. The van der Waals surface area contributed by atoms with Crippen molar-refractivity contribution in [3.63, 3.8) is 0 Å².